The summed E-state index contributed by atoms with van der Waals surface area (Å²) in [7, 11) is 0. The van der Waals surface area contributed by atoms with Gasteiger partial charge in [0.1, 0.15) is 5.75 Å². The van der Waals surface area contributed by atoms with Gasteiger partial charge in [0.05, 0.1) is 0 Å². The molecule has 0 unspecified atom stereocenters. The number of esters is 1. The molecule has 1 aromatic rings. The first kappa shape index (κ1) is 11.2. The minimum atomic E-state index is -0.296. The zero-order valence-electron chi connectivity index (χ0n) is 8.53. The van der Waals surface area contributed by atoms with E-state index in [1.807, 2.05) is 6.92 Å². The predicted octanol–water partition coefficient (Wildman–Crippen LogP) is 1.79. The highest BCUT2D eigenvalue weighted by Gasteiger charge is 2.05. The number of anilines is 1. The van der Waals surface area contributed by atoms with Crippen molar-refractivity contribution in [3.05, 3.63) is 23.8 Å². The molecule has 0 aliphatic rings. The van der Waals surface area contributed by atoms with Gasteiger partial charge in [0.15, 0.2) is 6.29 Å². The van der Waals surface area contributed by atoms with Crippen LogP contribution in [0.3, 0.4) is 0 Å². The molecule has 2 N–H and O–H groups in total. The molecule has 0 saturated heterocycles. The maximum atomic E-state index is 11.1. The van der Waals surface area contributed by atoms with Gasteiger partial charge in [-0.25, -0.2) is 0 Å². The van der Waals surface area contributed by atoms with Crippen LogP contribution in [0.1, 0.15) is 30.1 Å². The number of ether oxygens (including phenoxy) is 1. The molecule has 0 spiro atoms. The second-order valence-electron chi connectivity index (χ2n) is 3.13. The van der Waals surface area contributed by atoms with Gasteiger partial charge in [-0.3, -0.25) is 9.59 Å². The molecule has 80 valence electrons. The Kier molecular flexibility index (Phi) is 3.85. The zero-order chi connectivity index (χ0) is 11.3. The van der Waals surface area contributed by atoms with Crippen molar-refractivity contribution in [1.29, 1.82) is 0 Å². The molecule has 0 atom stereocenters. The normalized spacial score (nSPS) is 9.67. The number of carbonyl (C=O) groups excluding carboxylic acids is 2. The first-order valence-electron chi connectivity index (χ1n) is 4.72. The fourth-order valence-corrected chi connectivity index (χ4v) is 1.11. The second kappa shape index (κ2) is 5.14. The van der Waals surface area contributed by atoms with Gasteiger partial charge in [0.2, 0.25) is 0 Å². The van der Waals surface area contributed by atoms with E-state index in [-0.39, 0.29) is 5.97 Å². The summed E-state index contributed by atoms with van der Waals surface area (Å²) in [6.07, 6.45) is 1.77. The molecule has 0 fully saturated rings. The number of aldehydes is 1. The molecule has 0 radical (unpaired) electrons. The minimum Gasteiger partial charge on any atom is -0.426 e. The Morgan fingerprint density at radius 2 is 2.27 bits per heavy atom. The fourth-order valence-electron chi connectivity index (χ4n) is 1.11. The van der Waals surface area contributed by atoms with E-state index in [1.165, 1.54) is 12.1 Å². The van der Waals surface area contributed by atoms with E-state index in [0.717, 1.165) is 6.42 Å². The SMILES string of the molecule is CCCC(=O)Oc1ccc(C=O)c(N)c1. The Balaban J connectivity index is 2.75. The summed E-state index contributed by atoms with van der Waals surface area (Å²) in [4.78, 5) is 21.6. The van der Waals surface area contributed by atoms with Gasteiger partial charge in [-0.2, -0.15) is 0 Å². The number of carbonyl (C=O) groups is 2. The van der Waals surface area contributed by atoms with Crippen molar-refractivity contribution in [2.24, 2.45) is 0 Å². The van der Waals surface area contributed by atoms with Crippen molar-refractivity contribution in [3.63, 3.8) is 0 Å². The lowest BCUT2D eigenvalue weighted by molar-refractivity contribution is -0.134. The Morgan fingerprint density at radius 1 is 1.53 bits per heavy atom. The van der Waals surface area contributed by atoms with Gasteiger partial charge in [-0.1, -0.05) is 6.92 Å². The molecule has 1 rings (SSSR count). The quantitative estimate of drug-likeness (QED) is 0.353. The number of benzene rings is 1. The van der Waals surface area contributed by atoms with Crippen molar-refractivity contribution in [2.75, 3.05) is 5.73 Å². The number of hydrogen-bond donors (Lipinski definition) is 1. The fraction of sp³-hybridized carbons (Fsp3) is 0.273. The minimum absolute atomic E-state index is 0.296. The van der Waals surface area contributed by atoms with Crippen LogP contribution in [-0.2, 0) is 4.79 Å². The van der Waals surface area contributed by atoms with Crippen molar-refractivity contribution in [1.82, 2.24) is 0 Å². The zero-order valence-corrected chi connectivity index (χ0v) is 8.53. The number of hydrogen-bond acceptors (Lipinski definition) is 4. The Hall–Kier alpha value is -1.84. The smallest absolute Gasteiger partial charge is 0.311 e. The van der Waals surface area contributed by atoms with Gasteiger partial charge in [-0.15, -0.1) is 0 Å². The first-order chi connectivity index (χ1) is 7.17. The molecule has 15 heavy (non-hydrogen) atoms. The molecular formula is C11H13NO3. The van der Waals surface area contributed by atoms with Crippen LogP contribution in [-0.4, -0.2) is 12.3 Å². The third kappa shape index (κ3) is 3.09. The van der Waals surface area contributed by atoms with Crippen LogP contribution in [0.25, 0.3) is 0 Å². The lowest BCUT2D eigenvalue weighted by Gasteiger charge is -2.05. The van der Waals surface area contributed by atoms with E-state index in [4.69, 9.17) is 10.5 Å². The van der Waals surface area contributed by atoms with Crippen LogP contribution in [0.2, 0.25) is 0 Å². The van der Waals surface area contributed by atoms with Crippen LogP contribution < -0.4 is 10.5 Å². The third-order valence-corrected chi connectivity index (χ3v) is 1.87. The Bertz CT molecular complexity index is 374. The van der Waals surface area contributed by atoms with E-state index < -0.39 is 0 Å². The number of nitrogens with two attached hydrogens (primary N) is 1. The summed E-state index contributed by atoms with van der Waals surface area (Å²) in [5, 5.41) is 0. The monoisotopic (exact) mass is 207 g/mol. The van der Waals surface area contributed by atoms with Gasteiger partial charge in [0.25, 0.3) is 0 Å². The molecule has 0 saturated carbocycles. The largest absolute Gasteiger partial charge is 0.426 e. The lowest BCUT2D eigenvalue weighted by atomic mass is 10.2. The topological polar surface area (TPSA) is 69.4 Å². The van der Waals surface area contributed by atoms with Gasteiger partial charge >= 0.3 is 5.97 Å². The van der Waals surface area contributed by atoms with Crippen LogP contribution >= 0.6 is 0 Å². The molecule has 1 aromatic carbocycles. The highest BCUT2D eigenvalue weighted by atomic mass is 16.5. The molecular weight excluding hydrogens is 194 g/mol. The summed E-state index contributed by atoms with van der Waals surface area (Å²) in [5.74, 6) is 0.0762. The predicted molar refractivity (Wildman–Crippen MR) is 56.8 cm³/mol. The molecule has 0 amide bonds. The van der Waals surface area contributed by atoms with Crippen molar-refractivity contribution >= 4 is 17.9 Å². The highest BCUT2D eigenvalue weighted by Crippen LogP contribution is 2.19. The summed E-state index contributed by atoms with van der Waals surface area (Å²) in [6, 6.07) is 4.54. The molecule has 0 bridgehead atoms. The average molecular weight is 207 g/mol. The van der Waals surface area contributed by atoms with E-state index in [1.54, 1.807) is 6.07 Å². The molecule has 0 aliphatic carbocycles. The maximum absolute atomic E-state index is 11.1. The summed E-state index contributed by atoms with van der Waals surface area (Å²) >= 11 is 0. The molecule has 4 heteroatoms. The van der Waals surface area contributed by atoms with E-state index in [9.17, 15) is 9.59 Å². The van der Waals surface area contributed by atoms with Gasteiger partial charge < -0.3 is 10.5 Å². The number of nitrogen functional groups attached to an aromatic ring is 1. The standard InChI is InChI=1S/C11H13NO3/c1-2-3-11(14)15-9-5-4-8(7-13)10(12)6-9/h4-7H,2-3,12H2,1H3. The highest BCUT2D eigenvalue weighted by molar-refractivity contribution is 5.84. The summed E-state index contributed by atoms with van der Waals surface area (Å²) in [6.45, 7) is 1.89. The first-order valence-corrected chi connectivity index (χ1v) is 4.72. The maximum Gasteiger partial charge on any atom is 0.311 e. The molecule has 0 aromatic heterocycles. The number of rotatable bonds is 4. The van der Waals surface area contributed by atoms with Gasteiger partial charge in [-0.05, 0) is 18.6 Å². The van der Waals surface area contributed by atoms with Crippen LogP contribution in [0.15, 0.2) is 18.2 Å². The van der Waals surface area contributed by atoms with Crippen molar-refractivity contribution in [2.45, 2.75) is 19.8 Å². The van der Waals surface area contributed by atoms with E-state index in [2.05, 4.69) is 0 Å². The molecule has 0 aliphatic heterocycles. The Morgan fingerprint density at radius 3 is 2.80 bits per heavy atom. The van der Waals surface area contributed by atoms with Crippen LogP contribution in [0, 0.1) is 0 Å². The van der Waals surface area contributed by atoms with Crippen LogP contribution in [0.5, 0.6) is 5.75 Å². The van der Waals surface area contributed by atoms with Crippen molar-refractivity contribution in [3.8, 4) is 5.75 Å². The van der Waals surface area contributed by atoms with Gasteiger partial charge in [0, 0.05) is 23.7 Å². The van der Waals surface area contributed by atoms with E-state index in [0.29, 0.717) is 29.7 Å². The Labute approximate surface area is 88.0 Å². The van der Waals surface area contributed by atoms with Crippen molar-refractivity contribution < 1.29 is 14.3 Å². The second-order valence-corrected chi connectivity index (χ2v) is 3.13. The third-order valence-electron chi connectivity index (χ3n) is 1.87. The van der Waals surface area contributed by atoms with Crippen LogP contribution in [0.4, 0.5) is 5.69 Å². The summed E-state index contributed by atoms with van der Waals surface area (Å²) < 4.78 is 5.00. The average Bonchev–Trinajstić information content (AvgIpc) is 2.18. The lowest BCUT2D eigenvalue weighted by Crippen LogP contribution is -2.07. The summed E-state index contributed by atoms with van der Waals surface area (Å²) in [5.41, 5.74) is 6.26. The van der Waals surface area contributed by atoms with E-state index >= 15 is 0 Å². The molecule has 0 heterocycles. The molecule has 4 nitrogen and oxygen atoms in total.